The van der Waals surface area contributed by atoms with Gasteiger partial charge in [-0.15, -0.1) is 0 Å². The second kappa shape index (κ2) is 6.51. The molecule has 0 aliphatic carbocycles. The molecule has 16 heavy (non-hydrogen) atoms. The summed E-state index contributed by atoms with van der Waals surface area (Å²) < 4.78 is 20.0. The van der Waals surface area contributed by atoms with Crippen LogP contribution in [0.5, 0.6) is 0 Å². The van der Waals surface area contributed by atoms with E-state index in [0.717, 1.165) is 0 Å². The van der Waals surface area contributed by atoms with Crippen molar-refractivity contribution in [2.75, 3.05) is 5.32 Å². The Labute approximate surface area is 119 Å². The molecule has 0 saturated carbocycles. The van der Waals surface area contributed by atoms with Crippen LogP contribution in [0, 0.1) is 13.8 Å². The Bertz CT molecular complexity index is 411. The van der Waals surface area contributed by atoms with Gasteiger partial charge in [0.05, 0.1) is 4.90 Å². The molecular weight excluding hydrogens is 237 g/mol. The Hall–Kier alpha value is -0.200. The molecule has 1 aromatic carbocycles. The summed E-state index contributed by atoms with van der Waals surface area (Å²) in [7, 11) is 0. The maximum absolute atomic E-state index is 11.0. The van der Waals surface area contributed by atoms with Crippen LogP contribution in [-0.2, 0) is 15.9 Å². The van der Waals surface area contributed by atoms with Gasteiger partial charge in [0.1, 0.15) is 0 Å². The number of hydrogen-bond donors (Lipinski definition) is 2. The summed E-state index contributed by atoms with van der Waals surface area (Å²) in [6.45, 7) is 4.90. The molecule has 0 saturated heterocycles. The zero-order valence-electron chi connectivity index (χ0n) is 8.83. The van der Waals surface area contributed by atoms with E-state index >= 15 is 0 Å². The third kappa shape index (κ3) is 3.99. The number of anilines is 1. The molecule has 6 heteroatoms. The molecule has 0 aliphatic heterocycles. The fraction of sp³-hybridized carbons (Fsp3) is 0.300. The first kappa shape index (κ1) is 15.8. The van der Waals surface area contributed by atoms with Crippen molar-refractivity contribution >= 4 is 52.2 Å². The Morgan fingerprint density at radius 3 is 2.06 bits per heavy atom. The van der Waals surface area contributed by atoms with Gasteiger partial charge >= 0.3 is 29.6 Å². The van der Waals surface area contributed by atoms with Crippen LogP contribution in [0.2, 0.25) is 0 Å². The van der Waals surface area contributed by atoms with Crippen LogP contribution in [0.1, 0.15) is 18.1 Å². The number of aryl methyl sites for hydroxylation is 2. The second-order valence-corrected chi connectivity index (χ2v) is 4.28. The van der Waals surface area contributed by atoms with Gasteiger partial charge in [-0.05, 0) is 37.1 Å². The Morgan fingerprint density at radius 2 is 1.75 bits per heavy atom. The summed E-state index contributed by atoms with van der Waals surface area (Å²) in [4.78, 5) is 11.2. The first-order valence-corrected chi connectivity index (χ1v) is 5.52. The van der Waals surface area contributed by atoms with Crippen LogP contribution < -0.4 is 5.32 Å². The Balaban J connectivity index is 0.00000225. The number of nitrogens with one attached hydrogen (secondary N) is 1. The van der Waals surface area contributed by atoms with Crippen LogP contribution in [0.3, 0.4) is 0 Å². The molecule has 0 bridgehead atoms. The summed E-state index contributed by atoms with van der Waals surface area (Å²) in [6.07, 6.45) is 0. The third-order valence-electron chi connectivity index (χ3n) is 1.96. The SMILES string of the molecule is CC(=O)Nc1cc(C)c(S(=O)O)c(C)c1.[NaH]. The number of amides is 1. The van der Waals surface area contributed by atoms with E-state index in [0.29, 0.717) is 21.7 Å². The van der Waals surface area contributed by atoms with Gasteiger partial charge in [0.25, 0.3) is 0 Å². The summed E-state index contributed by atoms with van der Waals surface area (Å²) >= 11 is -1.99. The molecule has 1 aromatic rings. The molecular formula is C10H14NNaO3S. The van der Waals surface area contributed by atoms with Gasteiger partial charge in [0.2, 0.25) is 5.91 Å². The molecule has 0 fully saturated rings. The van der Waals surface area contributed by atoms with Gasteiger partial charge in [-0.1, -0.05) is 0 Å². The average molecular weight is 251 g/mol. The summed E-state index contributed by atoms with van der Waals surface area (Å²) in [5, 5.41) is 2.63. The minimum absolute atomic E-state index is 0. The molecule has 0 aliphatic rings. The van der Waals surface area contributed by atoms with Crippen molar-refractivity contribution in [2.24, 2.45) is 0 Å². The van der Waals surface area contributed by atoms with E-state index in [4.69, 9.17) is 4.55 Å². The quantitative estimate of drug-likeness (QED) is 0.613. The second-order valence-electron chi connectivity index (χ2n) is 3.37. The van der Waals surface area contributed by atoms with Crippen LogP contribution in [0.25, 0.3) is 0 Å². The van der Waals surface area contributed by atoms with E-state index in [9.17, 15) is 9.00 Å². The maximum atomic E-state index is 11.0. The number of benzene rings is 1. The molecule has 2 N–H and O–H groups in total. The Morgan fingerprint density at radius 1 is 1.31 bits per heavy atom. The van der Waals surface area contributed by atoms with Crippen LogP contribution in [0.4, 0.5) is 5.69 Å². The number of hydrogen-bond acceptors (Lipinski definition) is 2. The standard InChI is InChI=1S/C10H13NO3S.Na.H/c1-6-4-9(11-8(3)12)5-7(2)10(6)15(13)14;;/h4-5H,1-3H3,(H,11,12)(H,13,14);;. The fourth-order valence-electron chi connectivity index (χ4n) is 1.50. The zero-order chi connectivity index (χ0) is 11.6. The monoisotopic (exact) mass is 251 g/mol. The van der Waals surface area contributed by atoms with Crippen LogP contribution in [0.15, 0.2) is 17.0 Å². The molecule has 4 nitrogen and oxygen atoms in total. The van der Waals surface area contributed by atoms with Gasteiger partial charge in [-0.2, -0.15) is 0 Å². The van der Waals surface area contributed by atoms with E-state index in [2.05, 4.69) is 5.32 Å². The fourth-order valence-corrected chi connectivity index (χ4v) is 2.17. The van der Waals surface area contributed by atoms with Crippen molar-refractivity contribution in [3.8, 4) is 0 Å². The number of carbonyl (C=O) groups excluding carboxylic acids is 1. The predicted molar refractivity (Wildman–Crippen MR) is 66.4 cm³/mol. The van der Waals surface area contributed by atoms with Crippen LogP contribution in [-0.4, -0.2) is 44.2 Å². The van der Waals surface area contributed by atoms with E-state index in [-0.39, 0.29) is 35.5 Å². The van der Waals surface area contributed by atoms with Gasteiger partial charge in [-0.25, -0.2) is 4.21 Å². The van der Waals surface area contributed by atoms with Crippen molar-refractivity contribution in [2.45, 2.75) is 25.7 Å². The van der Waals surface area contributed by atoms with Gasteiger partial charge < -0.3 is 9.87 Å². The first-order chi connectivity index (χ1) is 6.91. The van der Waals surface area contributed by atoms with Crippen molar-refractivity contribution in [1.82, 2.24) is 0 Å². The molecule has 0 spiro atoms. The number of rotatable bonds is 2. The van der Waals surface area contributed by atoms with E-state index in [1.54, 1.807) is 26.0 Å². The molecule has 0 heterocycles. The summed E-state index contributed by atoms with van der Waals surface area (Å²) in [5.74, 6) is -0.160. The normalized spacial score (nSPS) is 11.5. The molecule has 1 atom stereocenters. The molecule has 0 radical (unpaired) electrons. The van der Waals surface area contributed by atoms with Crippen molar-refractivity contribution in [3.63, 3.8) is 0 Å². The van der Waals surface area contributed by atoms with E-state index in [1.807, 2.05) is 0 Å². The summed E-state index contributed by atoms with van der Waals surface area (Å²) in [5.41, 5.74) is 2.03. The van der Waals surface area contributed by atoms with Crippen LogP contribution >= 0.6 is 0 Å². The van der Waals surface area contributed by atoms with Gasteiger partial charge in [0, 0.05) is 12.6 Å². The Kier molecular flexibility index (Phi) is 6.43. The first-order valence-electron chi connectivity index (χ1n) is 4.41. The van der Waals surface area contributed by atoms with E-state index in [1.165, 1.54) is 6.92 Å². The molecule has 1 unspecified atom stereocenters. The summed E-state index contributed by atoms with van der Waals surface area (Å²) in [6, 6.07) is 3.36. The predicted octanol–water partition coefficient (Wildman–Crippen LogP) is 1.19. The van der Waals surface area contributed by atoms with Crippen molar-refractivity contribution in [1.29, 1.82) is 0 Å². The minimum atomic E-state index is -1.99. The molecule has 1 rings (SSSR count). The number of carbonyl (C=O) groups is 1. The van der Waals surface area contributed by atoms with Crippen molar-refractivity contribution in [3.05, 3.63) is 23.3 Å². The molecule has 1 amide bonds. The van der Waals surface area contributed by atoms with Gasteiger partial charge in [-0.3, -0.25) is 4.79 Å². The average Bonchev–Trinajstić information content (AvgIpc) is 1.99. The topological polar surface area (TPSA) is 66.4 Å². The zero-order valence-corrected chi connectivity index (χ0v) is 9.64. The molecule has 0 aromatic heterocycles. The van der Waals surface area contributed by atoms with E-state index < -0.39 is 11.1 Å². The molecule has 84 valence electrons. The van der Waals surface area contributed by atoms with Crippen molar-refractivity contribution < 1.29 is 13.6 Å². The third-order valence-corrected chi connectivity index (χ3v) is 2.95. The van der Waals surface area contributed by atoms with Gasteiger partial charge in [0.15, 0.2) is 11.1 Å².